The summed E-state index contributed by atoms with van der Waals surface area (Å²) in [6, 6.07) is 7.52. The summed E-state index contributed by atoms with van der Waals surface area (Å²) in [6.45, 7) is 2.95. The van der Waals surface area contributed by atoms with E-state index in [4.69, 9.17) is 4.74 Å². The summed E-state index contributed by atoms with van der Waals surface area (Å²) in [7, 11) is 1.69. The molecule has 1 N–H and O–H groups in total. The van der Waals surface area contributed by atoms with E-state index < -0.39 is 0 Å². The lowest BCUT2D eigenvalue weighted by atomic mass is 10.2. The predicted molar refractivity (Wildman–Crippen MR) is 75.4 cm³/mol. The first-order chi connectivity index (χ1) is 9.33. The second-order valence-corrected chi connectivity index (χ2v) is 4.36. The van der Waals surface area contributed by atoms with Gasteiger partial charge < -0.3 is 10.1 Å². The summed E-state index contributed by atoms with van der Waals surface area (Å²) in [4.78, 5) is 12.1. The van der Waals surface area contributed by atoms with Crippen LogP contribution in [0.15, 0.2) is 35.3 Å². The van der Waals surface area contributed by atoms with Crippen LogP contribution in [0.3, 0.4) is 0 Å². The number of nitrogens with one attached hydrogen (secondary N) is 1. The van der Waals surface area contributed by atoms with Crippen LogP contribution in [0.1, 0.15) is 6.42 Å². The monoisotopic (exact) mass is 261 g/mol. The fourth-order valence-corrected chi connectivity index (χ4v) is 1.94. The molecular formula is C14H19N3O2. The van der Waals surface area contributed by atoms with E-state index in [0.717, 1.165) is 36.9 Å². The number of aromatic nitrogens is 2. The van der Waals surface area contributed by atoms with Gasteiger partial charge in [-0.2, -0.15) is 5.10 Å². The van der Waals surface area contributed by atoms with Crippen LogP contribution in [0.5, 0.6) is 0 Å². The van der Waals surface area contributed by atoms with Crippen molar-refractivity contribution in [3.8, 4) is 0 Å². The molecule has 0 fully saturated rings. The van der Waals surface area contributed by atoms with Crippen LogP contribution in [-0.4, -0.2) is 36.6 Å². The van der Waals surface area contributed by atoms with Gasteiger partial charge in [-0.25, -0.2) is 4.68 Å². The van der Waals surface area contributed by atoms with Crippen LogP contribution in [0.25, 0.3) is 10.8 Å². The zero-order valence-electron chi connectivity index (χ0n) is 11.1. The number of nitrogens with zero attached hydrogens (tertiary/aromatic N) is 2. The number of methoxy groups -OCH3 is 1. The molecule has 1 aromatic carbocycles. The van der Waals surface area contributed by atoms with Crippen LogP contribution >= 0.6 is 0 Å². The summed E-state index contributed by atoms with van der Waals surface area (Å²) in [5.74, 6) is 0. The standard InChI is InChI=1S/C14H19N3O2/c1-19-10-4-7-15-8-9-17-14(18)13-6-3-2-5-12(13)11-16-17/h2-3,5-6,11,15H,4,7-10H2,1H3. The highest BCUT2D eigenvalue weighted by Gasteiger charge is 2.02. The van der Waals surface area contributed by atoms with E-state index in [-0.39, 0.29) is 5.56 Å². The van der Waals surface area contributed by atoms with Crippen molar-refractivity contribution in [2.75, 3.05) is 26.8 Å². The Morgan fingerprint density at radius 1 is 1.32 bits per heavy atom. The van der Waals surface area contributed by atoms with Crippen LogP contribution < -0.4 is 10.9 Å². The SMILES string of the molecule is COCCCNCCn1ncc2ccccc2c1=O. The first-order valence-electron chi connectivity index (χ1n) is 6.47. The normalized spacial score (nSPS) is 11.0. The predicted octanol–water partition coefficient (Wildman–Crippen LogP) is 1.02. The quantitative estimate of drug-likeness (QED) is 0.756. The highest BCUT2D eigenvalue weighted by molar-refractivity contribution is 5.80. The molecule has 0 atom stereocenters. The average molecular weight is 261 g/mol. The van der Waals surface area contributed by atoms with Crippen LogP contribution in [0, 0.1) is 0 Å². The summed E-state index contributed by atoms with van der Waals surface area (Å²) in [6.07, 6.45) is 2.71. The van der Waals surface area contributed by atoms with E-state index in [9.17, 15) is 4.79 Å². The molecule has 0 saturated heterocycles. The number of hydrogen-bond acceptors (Lipinski definition) is 4. The molecule has 0 radical (unpaired) electrons. The molecule has 2 aromatic rings. The summed E-state index contributed by atoms with van der Waals surface area (Å²) < 4.78 is 6.47. The van der Waals surface area contributed by atoms with Crippen LogP contribution in [0.4, 0.5) is 0 Å². The zero-order chi connectivity index (χ0) is 13.5. The van der Waals surface area contributed by atoms with Crippen LogP contribution in [0.2, 0.25) is 0 Å². The van der Waals surface area contributed by atoms with Gasteiger partial charge in [0.15, 0.2) is 0 Å². The number of rotatable bonds is 7. The van der Waals surface area contributed by atoms with E-state index in [1.54, 1.807) is 13.3 Å². The molecule has 5 nitrogen and oxygen atoms in total. The molecule has 0 unspecified atom stereocenters. The van der Waals surface area contributed by atoms with Crippen molar-refractivity contribution in [1.29, 1.82) is 0 Å². The third-order valence-electron chi connectivity index (χ3n) is 2.96. The summed E-state index contributed by atoms with van der Waals surface area (Å²) in [5.41, 5.74) is -0.0307. The number of fused-ring (bicyclic) bond motifs is 1. The van der Waals surface area contributed by atoms with Crippen molar-refractivity contribution < 1.29 is 4.74 Å². The van der Waals surface area contributed by atoms with E-state index in [1.165, 1.54) is 4.68 Å². The Morgan fingerprint density at radius 2 is 2.16 bits per heavy atom. The number of benzene rings is 1. The maximum Gasteiger partial charge on any atom is 0.274 e. The topological polar surface area (TPSA) is 56.1 Å². The largest absolute Gasteiger partial charge is 0.385 e. The maximum atomic E-state index is 12.1. The second-order valence-electron chi connectivity index (χ2n) is 4.36. The number of hydrogen-bond donors (Lipinski definition) is 1. The number of ether oxygens (including phenoxy) is 1. The van der Waals surface area contributed by atoms with Gasteiger partial charge in [0.2, 0.25) is 0 Å². The molecular weight excluding hydrogens is 242 g/mol. The zero-order valence-corrected chi connectivity index (χ0v) is 11.1. The van der Waals surface area contributed by atoms with Gasteiger partial charge in [-0.3, -0.25) is 4.79 Å². The fourth-order valence-electron chi connectivity index (χ4n) is 1.94. The Labute approximate surface area is 112 Å². The molecule has 0 amide bonds. The first kappa shape index (κ1) is 13.7. The minimum Gasteiger partial charge on any atom is -0.385 e. The molecule has 0 aliphatic heterocycles. The van der Waals surface area contributed by atoms with Gasteiger partial charge in [0, 0.05) is 25.6 Å². The van der Waals surface area contributed by atoms with Crippen molar-refractivity contribution in [2.45, 2.75) is 13.0 Å². The van der Waals surface area contributed by atoms with E-state index in [1.807, 2.05) is 24.3 Å². The van der Waals surface area contributed by atoms with E-state index >= 15 is 0 Å². The lowest BCUT2D eigenvalue weighted by Gasteiger charge is -2.07. The Morgan fingerprint density at radius 3 is 3.00 bits per heavy atom. The van der Waals surface area contributed by atoms with E-state index in [2.05, 4.69) is 10.4 Å². The average Bonchev–Trinajstić information content (AvgIpc) is 2.45. The molecule has 0 spiro atoms. The van der Waals surface area contributed by atoms with Crippen molar-refractivity contribution >= 4 is 10.8 Å². The summed E-state index contributed by atoms with van der Waals surface area (Å²) in [5, 5.41) is 9.05. The summed E-state index contributed by atoms with van der Waals surface area (Å²) >= 11 is 0. The minimum atomic E-state index is -0.0307. The third kappa shape index (κ3) is 3.62. The van der Waals surface area contributed by atoms with Crippen molar-refractivity contribution in [3.63, 3.8) is 0 Å². The van der Waals surface area contributed by atoms with Crippen molar-refractivity contribution in [1.82, 2.24) is 15.1 Å². The molecule has 0 aliphatic carbocycles. The van der Waals surface area contributed by atoms with Gasteiger partial charge in [-0.1, -0.05) is 18.2 Å². The first-order valence-corrected chi connectivity index (χ1v) is 6.47. The molecule has 2 rings (SSSR count). The highest BCUT2D eigenvalue weighted by atomic mass is 16.5. The van der Waals surface area contributed by atoms with Gasteiger partial charge in [0.05, 0.1) is 18.1 Å². The molecule has 1 heterocycles. The van der Waals surface area contributed by atoms with Crippen molar-refractivity contribution in [2.24, 2.45) is 0 Å². The van der Waals surface area contributed by atoms with Gasteiger partial charge in [-0.05, 0) is 19.0 Å². The lowest BCUT2D eigenvalue weighted by molar-refractivity contribution is 0.194. The molecule has 1 aromatic heterocycles. The molecule has 5 heteroatoms. The second kappa shape index (κ2) is 7.01. The Balaban J connectivity index is 1.94. The molecule has 0 saturated carbocycles. The fraction of sp³-hybridized carbons (Fsp3) is 0.429. The highest BCUT2D eigenvalue weighted by Crippen LogP contribution is 2.05. The van der Waals surface area contributed by atoms with Gasteiger partial charge in [-0.15, -0.1) is 0 Å². The minimum absolute atomic E-state index is 0.0307. The van der Waals surface area contributed by atoms with Crippen molar-refractivity contribution in [3.05, 3.63) is 40.8 Å². The molecule has 0 aliphatic rings. The Bertz CT molecular complexity index is 580. The smallest absolute Gasteiger partial charge is 0.274 e. The lowest BCUT2D eigenvalue weighted by Crippen LogP contribution is -2.29. The van der Waals surface area contributed by atoms with Gasteiger partial charge in [0.25, 0.3) is 5.56 Å². The molecule has 0 bridgehead atoms. The third-order valence-corrected chi connectivity index (χ3v) is 2.96. The van der Waals surface area contributed by atoms with E-state index in [0.29, 0.717) is 6.54 Å². The van der Waals surface area contributed by atoms with Crippen LogP contribution in [-0.2, 0) is 11.3 Å². The van der Waals surface area contributed by atoms with Gasteiger partial charge >= 0.3 is 0 Å². The molecule has 19 heavy (non-hydrogen) atoms. The Hall–Kier alpha value is -1.72. The molecule has 102 valence electrons. The Kier molecular flexibility index (Phi) is 5.06. The maximum absolute atomic E-state index is 12.1. The van der Waals surface area contributed by atoms with Gasteiger partial charge in [0.1, 0.15) is 0 Å².